The van der Waals surface area contributed by atoms with Crippen LogP contribution in [0.4, 0.5) is 0 Å². The van der Waals surface area contributed by atoms with E-state index in [1.165, 1.54) is 0 Å². The van der Waals surface area contributed by atoms with Gasteiger partial charge in [0.2, 0.25) is 0 Å². The minimum absolute atomic E-state index is 0.438. The molecule has 16 heavy (non-hydrogen) atoms. The average molecular weight is 222 g/mol. The Morgan fingerprint density at radius 2 is 1.94 bits per heavy atom. The molecule has 88 valence electrons. The fourth-order valence-electron chi connectivity index (χ4n) is 1.19. The highest BCUT2D eigenvalue weighted by molar-refractivity contribution is 5.61. The van der Waals surface area contributed by atoms with Gasteiger partial charge in [-0.3, -0.25) is 0 Å². The number of hydrogen-bond donors (Lipinski definition) is 0. The van der Waals surface area contributed by atoms with Crippen molar-refractivity contribution in [1.82, 2.24) is 0 Å². The number of aldehydes is 1. The van der Waals surface area contributed by atoms with Crippen molar-refractivity contribution in [3.8, 4) is 5.75 Å². The molecule has 0 saturated carbocycles. The van der Waals surface area contributed by atoms with Crippen molar-refractivity contribution in [3.05, 3.63) is 29.8 Å². The monoisotopic (exact) mass is 222 g/mol. The molecule has 1 rings (SSSR count). The lowest BCUT2D eigenvalue weighted by Crippen LogP contribution is -2.29. The van der Waals surface area contributed by atoms with Gasteiger partial charge >= 0.3 is 0 Å². The molecule has 1 aromatic carbocycles. The third kappa shape index (κ3) is 3.35. The van der Waals surface area contributed by atoms with Crippen LogP contribution in [0.1, 0.15) is 25.8 Å². The molecule has 1 atom stereocenters. The predicted octanol–water partition coefficient (Wildman–Crippen LogP) is 2.58. The summed E-state index contributed by atoms with van der Waals surface area (Å²) < 4.78 is 10.6. The third-order valence-electron chi connectivity index (χ3n) is 2.68. The Morgan fingerprint density at radius 1 is 1.31 bits per heavy atom. The van der Waals surface area contributed by atoms with E-state index in [9.17, 15) is 4.79 Å². The molecular weight excluding hydrogens is 204 g/mol. The molecule has 0 bridgehead atoms. The van der Waals surface area contributed by atoms with Crippen molar-refractivity contribution < 1.29 is 14.3 Å². The van der Waals surface area contributed by atoms with Crippen molar-refractivity contribution in [2.75, 3.05) is 7.11 Å². The van der Waals surface area contributed by atoms with Crippen LogP contribution in [0.2, 0.25) is 0 Å². The van der Waals surface area contributed by atoms with Crippen LogP contribution in [-0.4, -0.2) is 19.0 Å². The van der Waals surface area contributed by atoms with Crippen molar-refractivity contribution in [2.24, 2.45) is 0 Å². The molecule has 0 aliphatic rings. The van der Waals surface area contributed by atoms with Crippen LogP contribution in [0.15, 0.2) is 24.3 Å². The summed E-state index contributed by atoms with van der Waals surface area (Å²) in [6.45, 7) is 4.17. The molecule has 0 unspecified atom stereocenters. The van der Waals surface area contributed by atoms with E-state index in [0.717, 1.165) is 17.6 Å². The number of carbonyl (C=O) groups is 1. The Bertz CT molecular complexity index is 332. The molecule has 0 aromatic heterocycles. The van der Waals surface area contributed by atoms with Crippen molar-refractivity contribution in [1.29, 1.82) is 0 Å². The van der Waals surface area contributed by atoms with E-state index < -0.39 is 5.60 Å². The molecule has 3 heteroatoms. The van der Waals surface area contributed by atoms with E-state index in [4.69, 9.17) is 9.47 Å². The van der Waals surface area contributed by atoms with Crippen molar-refractivity contribution in [3.63, 3.8) is 0 Å². The Kier molecular flexibility index (Phi) is 4.50. The van der Waals surface area contributed by atoms with Gasteiger partial charge in [-0.2, -0.15) is 0 Å². The van der Waals surface area contributed by atoms with Crippen LogP contribution in [0.3, 0.4) is 0 Å². The Morgan fingerprint density at radius 3 is 2.38 bits per heavy atom. The number of methoxy groups -OCH3 is 1. The Hall–Kier alpha value is -1.35. The molecule has 0 amide bonds. The van der Waals surface area contributed by atoms with Gasteiger partial charge in [0.25, 0.3) is 0 Å². The van der Waals surface area contributed by atoms with E-state index in [0.29, 0.717) is 13.0 Å². The lowest BCUT2D eigenvalue weighted by molar-refractivity contribution is -0.131. The van der Waals surface area contributed by atoms with E-state index in [-0.39, 0.29) is 0 Å². The highest BCUT2D eigenvalue weighted by Gasteiger charge is 2.21. The lowest BCUT2D eigenvalue weighted by Gasteiger charge is -2.21. The standard InChI is InChI=1S/C13H18O3/c1-4-13(2,10-14)16-9-11-5-7-12(15-3)8-6-11/h5-8,10H,4,9H2,1-3H3/t13-/m1/s1. The molecule has 0 spiro atoms. The first-order valence-corrected chi connectivity index (χ1v) is 5.37. The SMILES string of the molecule is CC[C@](C)(C=O)OCc1ccc(OC)cc1. The second-order valence-corrected chi connectivity index (χ2v) is 3.92. The molecule has 3 nitrogen and oxygen atoms in total. The number of ether oxygens (including phenoxy) is 2. The fourth-order valence-corrected chi connectivity index (χ4v) is 1.19. The van der Waals surface area contributed by atoms with Crippen LogP contribution in [0.25, 0.3) is 0 Å². The molecule has 0 fully saturated rings. The number of hydrogen-bond acceptors (Lipinski definition) is 3. The predicted molar refractivity (Wildman–Crippen MR) is 62.5 cm³/mol. The maximum atomic E-state index is 10.8. The summed E-state index contributed by atoms with van der Waals surface area (Å²) >= 11 is 0. The van der Waals surface area contributed by atoms with Crippen LogP contribution < -0.4 is 4.74 Å². The number of benzene rings is 1. The second-order valence-electron chi connectivity index (χ2n) is 3.92. The zero-order valence-corrected chi connectivity index (χ0v) is 10.0. The van der Waals surface area contributed by atoms with Gasteiger partial charge in [-0.1, -0.05) is 19.1 Å². The van der Waals surface area contributed by atoms with E-state index in [1.807, 2.05) is 31.2 Å². The van der Waals surface area contributed by atoms with Crippen LogP contribution in [-0.2, 0) is 16.1 Å². The van der Waals surface area contributed by atoms with Gasteiger partial charge in [0, 0.05) is 0 Å². The van der Waals surface area contributed by atoms with E-state index in [2.05, 4.69) is 0 Å². The number of rotatable bonds is 6. The largest absolute Gasteiger partial charge is 0.497 e. The van der Waals surface area contributed by atoms with Gasteiger partial charge in [0.05, 0.1) is 13.7 Å². The summed E-state index contributed by atoms with van der Waals surface area (Å²) in [6, 6.07) is 7.62. The maximum Gasteiger partial charge on any atom is 0.151 e. The summed E-state index contributed by atoms with van der Waals surface area (Å²) in [6.07, 6.45) is 1.53. The van der Waals surface area contributed by atoms with Crippen LogP contribution in [0, 0.1) is 0 Å². The van der Waals surface area contributed by atoms with Gasteiger partial charge in [-0.15, -0.1) is 0 Å². The average Bonchev–Trinajstić information content (AvgIpc) is 2.36. The minimum Gasteiger partial charge on any atom is -0.497 e. The highest BCUT2D eigenvalue weighted by Crippen LogP contribution is 2.17. The third-order valence-corrected chi connectivity index (χ3v) is 2.68. The molecule has 0 aliphatic heterocycles. The highest BCUT2D eigenvalue weighted by atomic mass is 16.5. The summed E-state index contributed by atoms with van der Waals surface area (Å²) in [5, 5.41) is 0. The van der Waals surface area contributed by atoms with Gasteiger partial charge < -0.3 is 14.3 Å². The van der Waals surface area contributed by atoms with Gasteiger partial charge in [-0.05, 0) is 31.0 Å². The first-order chi connectivity index (χ1) is 7.63. The minimum atomic E-state index is -0.681. The van der Waals surface area contributed by atoms with E-state index >= 15 is 0 Å². The molecule has 0 saturated heterocycles. The second kappa shape index (κ2) is 5.66. The summed E-state index contributed by atoms with van der Waals surface area (Å²) in [4.78, 5) is 10.8. The molecule has 0 heterocycles. The molecule has 0 radical (unpaired) electrons. The zero-order chi connectivity index (χ0) is 12.0. The normalized spacial score (nSPS) is 14.2. The summed E-state index contributed by atoms with van der Waals surface area (Å²) in [5.74, 6) is 0.817. The Labute approximate surface area is 96.4 Å². The van der Waals surface area contributed by atoms with Crippen molar-refractivity contribution >= 4 is 6.29 Å². The van der Waals surface area contributed by atoms with Crippen LogP contribution >= 0.6 is 0 Å². The topological polar surface area (TPSA) is 35.5 Å². The molecule has 0 N–H and O–H groups in total. The summed E-state index contributed by atoms with van der Waals surface area (Å²) in [7, 11) is 1.63. The summed E-state index contributed by atoms with van der Waals surface area (Å²) in [5.41, 5.74) is 0.349. The lowest BCUT2D eigenvalue weighted by atomic mass is 10.1. The fraction of sp³-hybridized carbons (Fsp3) is 0.462. The molecule has 1 aromatic rings. The van der Waals surface area contributed by atoms with Gasteiger partial charge in [0.15, 0.2) is 6.29 Å². The molecular formula is C13H18O3. The Balaban J connectivity index is 2.57. The van der Waals surface area contributed by atoms with Crippen molar-refractivity contribution in [2.45, 2.75) is 32.5 Å². The maximum absolute atomic E-state index is 10.8. The quantitative estimate of drug-likeness (QED) is 0.694. The van der Waals surface area contributed by atoms with Crippen LogP contribution in [0.5, 0.6) is 5.75 Å². The first-order valence-electron chi connectivity index (χ1n) is 5.37. The van der Waals surface area contributed by atoms with Gasteiger partial charge in [0.1, 0.15) is 11.4 Å². The zero-order valence-electron chi connectivity index (χ0n) is 10.0. The smallest absolute Gasteiger partial charge is 0.151 e. The number of carbonyl (C=O) groups excluding carboxylic acids is 1. The van der Waals surface area contributed by atoms with Gasteiger partial charge in [-0.25, -0.2) is 0 Å². The van der Waals surface area contributed by atoms with E-state index in [1.54, 1.807) is 14.0 Å². The first kappa shape index (κ1) is 12.7. The molecule has 0 aliphatic carbocycles.